The summed E-state index contributed by atoms with van der Waals surface area (Å²) in [6.07, 6.45) is 7.45. The van der Waals surface area contributed by atoms with Crippen molar-refractivity contribution in [3.05, 3.63) is 29.8 Å². The van der Waals surface area contributed by atoms with Crippen molar-refractivity contribution in [2.75, 3.05) is 11.9 Å². The number of likely N-dealkylation sites (N-methyl/N-ethyl adjacent to an activating group) is 1. The van der Waals surface area contributed by atoms with Crippen LogP contribution in [0.25, 0.3) is 0 Å². The van der Waals surface area contributed by atoms with Crippen LogP contribution in [0.5, 0.6) is 0 Å². The molecular formula is C16H26N2. The highest BCUT2D eigenvalue weighted by Gasteiger charge is 2.24. The molecule has 0 bridgehead atoms. The van der Waals surface area contributed by atoms with Gasteiger partial charge in [0.05, 0.1) is 0 Å². The molecule has 0 radical (unpaired) electrons. The zero-order valence-corrected chi connectivity index (χ0v) is 11.7. The molecule has 18 heavy (non-hydrogen) atoms. The summed E-state index contributed by atoms with van der Waals surface area (Å²) in [6, 6.07) is 9.75. The predicted octanol–water partition coefficient (Wildman–Crippen LogP) is 3.35. The molecule has 2 rings (SSSR count). The molecule has 1 aliphatic rings. The fourth-order valence-electron chi connectivity index (χ4n) is 2.96. The predicted molar refractivity (Wildman–Crippen MR) is 79.1 cm³/mol. The van der Waals surface area contributed by atoms with Gasteiger partial charge in [0.1, 0.15) is 0 Å². The van der Waals surface area contributed by atoms with E-state index in [-0.39, 0.29) is 0 Å². The van der Waals surface area contributed by atoms with E-state index in [2.05, 4.69) is 43.1 Å². The normalized spacial score (nSPS) is 24.6. The second-order valence-electron chi connectivity index (χ2n) is 5.50. The molecule has 1 aromatic carbocycles. The molecule has 0 heterocycles. The highest BCUT2D eigenvalue weighted by molar-refractivity contribution is 5.48. The average molecular weight is 246 g/mol. The molecule has 0 aromatic heterocycles. The molecule has 1 aromatic rings. The lowest BCUT2D eigenvalue weighted by Gasteiger charge is -2.33. The number of anilines is 1. The molecular weight excluding hydrogens is 220 g/mol. The zero-order chi connectivity index (χ0) is 13.0. The van der Waals surface area contributed by atoms with E-state index >= 15 is 0 Å². The maximum Gasteiger partial charge on any atom is 0.0437 e. The van der Waals surface area contributed by atoms with E-state index in [1.54, 1.807) is 0 Å². The van der Waals surface area contributed by atoms with Crippen molar-refractivity contribution in [2.45, 2.75) is 57.5 Å². The van der Waals surface area contributed by atoms with Gasteiger partial charge >= 0.3 is 0 Å². The van der Waals surface area contributed by atoms with Gasteiger partial charge < -0.3 is 10.6 Å². The van der Waals surface area contributed by atoms with Crippen LogP contribution in [-0.4, -0.2) is 19.1 Å². The van der Waals surface area contributed by atoms with E-state index in [1.807, 2.05) is 0 Å². The van der Waals surface area contributed by atoms with Crippen LogP contribution in [0.4, 0.5) is 5.69 Å². The lowest BCUT2D eigenvalue weighted by atomic mass is 10.0. The molecule has 0 aliphatic heterocycles. The first-order valence-corrected chi connectivity index (χ1v) is 7.29. The Hall–Kier alpha value is -1.02. The monoisotopic (exact) mass is 246 g/mol. The largest absolute Gasteiger partial charge is 0.370 e. The Bertz CT molecular complexity index is 358. The van der Waals surface area contributed by atoms with Crippen molar-refractivity contribution >= 4 is 5.69 Å². The summed E-state index contributed by atoms with van der Waals surface area (Å²) in [6.45, 7) is 2.19. The SMILES string of the molecule is CCc1ccc(N(C)C2CCCCCC2N)cc1. The van der Waals surface area contributed by atoms with Gasteiger partial charge in [0.25, 0.3) is 0 Å². The molecule has 1 aliphatic carbocycles. The minimum Gasteiger partial charge on any atom is -0.370 e. The molecule has 2 unspecified atom stereocenters. The summed E-state index contributed by atoms with van der Waals surface area (Å²) in [5.41, 5.74) is 9.03. The number of benzene rings is 1. The standard InChI is InChI=1S/C16H26N2/c1-3-13-9-11-14(12-10-13)18(2)16-8-6-4-5-7-15(16)17/h9-12,15-16H,3-8,17H2,1-2H3. The Kier molecular flexibility index (Phi) is 4.65. The van der Waals surface area contributed by atoms with Gasteiger partial charge in [0.2, 0.25) is 0 Å². The molecule has 0 saturated heterocycles. The van der Waals surface area contributed by atoms with Crippen LogP contribution in [0.2, 0.25) is 0 Å². The number of rotatable bonds is 3. The van der Waals surface area contributed by atoms with Crippen LogP contribution in [0.1, 0.15) is 44.6 Å². The van der Waals surface area contributed by atoms with Crippen LogP contribution in [0.15, 0.2) is 24.3 Å². The van der Waals surface area contributed by atoms with E-state index in [1.165, 1.54) is 43.4 Å². The van der Waals surface area contributed by atoms with Crippen molar-refractivity contribution in [1.29, 1.82) is 0 Å². The second kappa shape index (κ2) is 6.24. The van der Waals surface area contributed by atoms with Gasteiger partial charge in [0, 0.05) is 24.8 Å². The van der Waals surface area contributed by atoms with E-state index in [0.717, 1.165) is 6.42 Å². The Labute approximate surface area is 111 Å². The van der Waals surface area contributed by atoms with Gasteiger partial charge in [0.15, 0.2) is 0 Å². The minimum absolute atomic E-state index is 0.323. The molecule has 1 fully saturated rings. The Morgan fingerprint density at radius 1 is 1.11 bits per heavy atom. The highest BCUT2D eigenvalue weighted by Crippen LogP contribution is 2.25. The third-order valence-corrected chi connectivity index (χ3v) is 4.28. The number of nitrogens with two attached hydrogens (primary N) is 1. The number of hydrogen-bond donors (Lipinski definition) is 1. The number of aryl methyl sites for hydroxylation is 1. The van der Waals surface area contributed by atoms with Crippen molar-refractivity contribution in [1.82, 2.24) is 0 Å². The van der Waals surface area contributed by atoms with E-state index < -0.39 is 0 Å². The molecule has 2 heteroatoms. The van der Waals surface area contributed by atoms with E-state index in [4.69, 9.17) is 5.73 Å². The van der Waals surface area contributed by atoms with Gasteiger partial charge in [-0.3, -0.25) is 0 Å². The Morgan fingerprint density at radius 2 is 1.78 bits per heavy atom. The lowest BCUT2D eigenvalue weighted by molar-refractivity contribution is 0.480. The molecule has 2 N–H and O–H groups in total. The van der Waals surface area contributed by atoms with Crippen LogP contribution < -0.4 is 10.6 Å². The average Bonchev–Trinajstić information content (AvgIpc) is 2.63. The van der Waals surface area contributed by atoms with Gasteiger partial charge in [-0.25, -0.2) is 0 Å². The van der Waals surface area contributed by atoms with Crippen LogP contribution in [-0.2, 0) is 6.42 Å². The zero-order valence-electron chi connectivity index (χ0n) is 11.7. The van der Waals surface area contributed by atoms with E-state index in [9.17, 15) is 0 Å². The fourth-order valence-corrected chi connectivity index (χ4v) is 2.96. The van der Waals surface area contributed by atoms with Gasteiger partial charge in [-0.2, -0.15) is 0 Å². The van der Waals surface area contributed by atoms with Crippen LogP contribution >= 0.6 is 0 Å². The van der Waals surface area contributed by atoms with Gasteiger partial charge in [-0.1, -0.05) is 38.3 Å². The summed E-state index contributed by atoms with van der Waals surface area (Å²) in [5, 5.41) is 0. The smallest absolute Gasteiger partial charge is 0.0437 e. The Morgan fingerprint density at radius 3 is 2.44 bits per heavy atom. The molecule has 1 saturated carbocycles. The maximum atomic E-state index is 6.33. The van der Waals surface area contributed by atoms with Crippen molar-refractivity contribution in [3.8, 4) is 0 Å². The third kappa shape index (κ3) is 3.05. The first-order valence-electron chi connectivity index (χ1n) is 7.29. The van der Waals surface area contributed by atoms with E-state index in [0.29, 0.717) is 12.1 Å². The molecule has 0 spiro atoms. The number of nitrogens with zero attached hydrogens (tertiary/aromatic N) is 1. The summed E-state index contributed by atoms with van der Waals surface area (Å²) in [4.78, 5) is 2.38. The minimum atomic E-state index is 0.323. The third-order valence-electron chi connectivity index (χ3n) is 4.28. The first kappa shape index (κ1) is 13.4. The summed E-state index contributed by atoms with van der Waals surface area (Å²) < 4.78 is 0. The second-order valence-corrected chi connectivity index (χ2v) is 5.50. The maximum absolute atomic E-state index is 6.33. The van der Waals surface area contributed by atoms with Gasteiger partial charge in [-0.15, -0.1) is 0 Å². The quantitative estimate of drug-likeness (QED) is 0.829. The van der Waals surface area contributed by atoms with Crippen molar-refractivity contribution in [2.24, 2.45) is 5.73 Å². The summed E-state index contributed by atoms with van der Waals surface area (Å²) >= 11 is 0. The topological polar surface area (TPSA) is 29.3 Å². The van der Waals surface area contributed by atoms with Crippen LogP contribution in [0, 0.1) is 0 Å². The highest BCUT2D eigenvalue weighted by atomic mass is 15.1. The van der Waals surface area contributed by atoms with Crippen molar-refractivity contribution < 1.29 is 0 Å². The Balaban J connectivity index is 2.10. The summed E-state index contributed by atoms with van der Waals surface area (Å²) in [5.74, 6) is 0. The number of hydrogen-bond acceptors (Lipinski definition) is 2. The van der Waals surface area contributed by atoms with Crippen molar-refractivity contribution in [3.63, 3.8) is 0 Å². The summed E-state index contributed by atoms with van der Waals surface area (Å²) in [7, 11) is 2.19. The first-order chi connectivity index (χ1) is 8.72. The van der Waals surface area contributed by atoms with Gasteiger partial charge in [-0.05, 0) is 37.0 Å². The molecule has 0 amide bonds. The lowest BCUT2D eigenvalue weighted by Crippen LogP contribution is -2.45. The van der Waals surface area contributed by atoms with Crippen LogP contribution in [0.3, 0.4) is 0 Å². The molecule has 2 nitrogen and oxygen atoms in total. The molecule has 2 atom stereocenters. The fraction of sp³-hybridized carbons (Fsp3) is 0.625. The molecule has 100 valence electrons.